The number of imidazole rings is 1. The van der Waals surface area contributed by atoms with Crippen LogP contribution in [-0.2, 0) is 0 Å². The highest BCUT2D eigenvalue weighted by atomic mass is 19.4. The van der Waals surface area contributed by atoms with E-state index in [4.69, 9.17) is 0 Å². The van der Waals surface area contributed by atoms with Crippen molar-refractivity contribution >= 4 is 28.6 Å². The van der Waals surface area contributed by atoms with Crippen LogP contribution in [0.1, 0.15) is 45.2 Å². The summed E-state index contributed by atoms with van der Waals surface area (Å²) < 4.78 is 55.7. The summed E-state index contributed by atoms with van der Waals surface area (Å²) in [6.45, 7) is 4.07. The zero-order chi connectivity index (χ0) is 24.8. The van der Waals surface area contributed by atoms with Crippen molar-refractivity contribution in [3.63, 3.8) is 0 Å². The Kier molecular flexibility index (Phi) is 6.10. The topological polar surface area (TPSA) is 112 Å². The number of nitrogens with one attached hydrogen (secondary N) is 1. The molecule has 4 atom stereocenters. The fourth-order valence-corrected chi connectivity index (χ4v) is 3.82. The lowest BCUT2D eigenvalue weighted by atomic mass is 9.92. The van der Waals surface area contributed by atoms with Gasteiger partial charge < -0.3 is 25.0 Å². The lowest BCUT2D eigenvalue weighted by molar-refractivity contribution is -0.163. The fourth-order valence-electron chi connectivity index (χ4n) is 3.82. The summed E-state index contributed by atoms with van der Waals surface area (Å²) in [7, 11) is 0. The Balaban J connectivity index is 1.64. The van der Waals surface area contributed by atoms with Crippen LogP contribution >= 0.6 is 0 Å². The SMILES string of the molecule is C[C@H](n1c([C@@H](C)O)nc2cnc(Nc3ccnc(N4CCC(C)(O)C(F)C4)n3)cc21)C(F)(F)F. The molecule has 184 valence electrons. The highest BCUT2D eigenvalue weighted by Crippen LogP contribution is 2.36. The molecule has 0 amide bonds. The molecule has 13 heteroatoms. The molecule has 2 unspecified atom stereocenters. The van der Waals surface area contributed by atoms with Crippen LogP contribution in [0.15, 0.2) is 24.5 Å². The second-order valence-electron chi connectivity index (χ2n) is 8.68. The van der Waals surface area contributed by atoms with E-state index in [1.54, 1.807) is 11.0 Å². The van der Waals surface area contributed by atoms with Crippen molar-refractivity contribution in [3.8, 4) is 0 Å². The van der Waals surface area contributed by atoms with Crippen molar-refractivity contribution in [2.45, 2.75) is 57.3 Å². The molecule has 0 aromatic carbocycles. The van der Waals surface area contributed by atoms with Crippen LogP contribution in [0.5, 0.6) is 0 Å². The number of fused-ring (bicyclic) bond motifs is 1. The molecule has 34 heavy (non-hydrogen) atoms. The predicted octanol–water partition coefficient (Wildman–Crippen LogP) is 3.44. The van der Waals surface area contributed by atoms with E-state index in [0.29, 0.717) is 12.4 Å². The molecule has 3 N–H and O–H groups in total. The van der Waals surface area contributed by atoms with Gasteiger partial charge in [-0.2, -0.15) is 18.2 Å². The molecule has 0 radical (unpaired) electrons. The van der Waals surface area contributed by atoms with E-state index in [9.17, 15) is 27.8 Å². The largest absolute Gasteiger partial charge is 0.408 e. The van der Waals surface area contributed by atoms with Crippen molar-refractivity contribution in [1.82, 2.24) is 24.5 Å². The average molecular weight is 483 g/mol. The Bertz CT molecular complexity index is 1180. The lowest BCUT2D eigenvalue weighted by Gasteiger charge is -2.38. The Hall–Kier alpha value is -3.06. The van der Waals surface area contributed by atoms with Crippen molar-refractivity contribution < 1.29 is 27.8 Å². The summed E-state index contributed by atoms with van der Waals surface area (Å²) in [5.41, 5.74) is -1.06. The van der Waals surface area contributed by atoms with E-state index in [1.165, 1.54) is 32.3 Å². The molecule has 0 aliphatic carbocycles. The van der Waals surface area contributed by atoms with Crippen LogP contribution in [0, 0.1) is 0 Å². The van der Waals surface area contributed by atoms with Crippen LogP contribution < -0.4 is 10.2 Å². The molecule has 1 aliphatic rings. The van der Waals surface area contributed by atoms with Gasteiger partial charge in [-0.15, -0.1) is 0 Å². The number of pyridine rings is 1. The van der Waals surface area contributed by atoms with Crippen LogP contribution in [0.4, 0.5) is 35.1 Å². The molecule has 3 aromatic rings. The molecule has 0 spiro atoms. The second-order valence-corrected chi connectivity index (χ2v) is 8.68. The molecule has 1 fully saturated rings. The normalized spacial score (nSPS) is 23.2. The van der Waals surface area contributed by atoms with Crippen LogP contribution in [0.2, 0.25) is 0 Å². The summed E-state index contributed by atoms with van der Waals surface area (Å²) in [5.74, 6) is 0.631. The van der Waals surface area contributed by atoms with Crippen LogP contribution in [-0.4, -0.2) is 65.8 Å². The van der Waals surface area contributed by atoms with Crippen molar-refractivity contribution in [2.75, 3.05) is 23.3 Å². The van der Waals surface area contributed by atoms with E-state index in [1.807, 2.05) is 0 Å². The number of rotatable bonds is 5. The van der Waals surface area contributed by atoms with E-state index in [0.717, 1.165) is 11.5 Å². The number of piperidine rings is 1. The van der Waals surface area contributed by atoms with Crippen LogP contribution in [0.3, 0.4) is 0 Å². The van der Waals surface area contributed by atoms with Gasteiger partial charge >= 0.3 is 6.18 Å². The molecule has 4 heterocycles. The molecule has 0 bridgehead atoms. The molecule has 3 aromatic heterocycles. The molecule has 9 nitrogen and oxygen atoms in total. The Morgan fingerprint density at radius 3 is 2.59 bits per heavy atom. The van der Waals surface area contributed by atoms with E-state index in [2.05, 4.69) is 25.3 Å². The standard InChI is InChI=1S/C21H25F4N7O2/c1-11(33)18-28-13-9-27-17(8-14(13)32(18)12(2)21(23,24)25)29-16-4-6-26-19(30-16)31-7-5-20(3,34)15(22)10-31/h4,6,8-9,11-12,15,33-34H,5,7,10H2,1-3H3,(H,26,27,29,30)/t11-,12+,15?,20?/m1/s1. The van der Waals surface area contributed by atoms with E-state index in [-0.39, 0.29) is 41.6 Å². The summed E-state index contributed by atoms with van der Waals surface area (Å²) in [6.07, 6.45) is -4.26. The zero-order valence-corrected chi connectivity index (χ0v) is 18.8. The Morgan fingerprint density at radius 2 is 1.94 bits per heavy atom. The van der Waals surface area contributed by atoms with Gasteiger partial charge in [0, 0.05) is 18.8 Å². The number of hydrogen-bond donors (Lipinski definition) is 3. The monoisotopic (exact) mass is 483 g/mol. The molecule has 1 aliphatic heterocycles. The first kappa shape index (κ1) is 24.1. The number of aromatic nitrogens is 5. The lowest BCUT2D eigenvalue weighted by Crippen LogP contribution is -2.52. The van der Waals surface area contributed by atoms with Gasteiger partial charge in [0.15, 0.2) is 0 Å². The van der Waals surface area contributed by atoms with E-state index < -0.39 is 30.1 Å². The maximum absolute atomic E-state index is 14.3. The number of anilines is 3. The first-order chi connectivity index (χ1) is 15.9. The summed E-state index contributed by atoms with van der Waals surface area (Å²) >= 11 is 0. The third kappa shape index (κ3) is 4.62. The average Bonchev–Trinajstić information content (AvgIpc) is 3.13. The number of nitrogens with zero attached hydrogens (tertiary/aromatic N) is 6. The van der Waals surface area contributed by atoms with Gasteiger partial charge in [0.2, 0.25) is 5.95 Å². The third-order valence-corrected chi connectivity index (χ3v) is 5.96. The zero-order valence-electron chi connectivity index (χ0n) is 18.8. The van der Waals surface area contributed by atoms with Crippen molar-refractivity contribution in [2.24, 2.45) is 0 Å². The Morgan fingerprint density at radius 1 is 1.21 bits per heavy atom. The van der Waals surface area contributed by atoms with Gasteiger partial charge in [-0.25, -0.2) is 19.3 Å². The summed E-state index contributed by atoms with van der Waals surface area (Å²) in [6, 6.07) is 1.01. The van der Waals surface area contributed by atoms with Gasteiger partial charge in [0.05, 0.1) is 23.9 Å². The summed E-state index contributed by atoms with van der Waals surface area (Å²) in [4.78, 5) is 18.4. The van der Waals surface area contributed by atoms with Crippen molar-refractivity contribution in [1.29, 1.82) is 0 Å². The second kappa shape index (κ2) is 8.62. The Labute approximate surface area is 192 Å². The predicted molar refractivity (Wildman–Crippen MR) is 117 cm³/mol. The minimum Gasteiger partial charge on any atom is -0.387 e. The smallest absolute Gasteiger partial charge is 0.387 e. The molecule has 4 rings (SSSR count). The van der Waals surface area contributed by atoms with Gasteiger partial charge in [-0.1, -0.05) is 0 Å². The quantitative estimate of drug-likeness (QED) is 0.473. The maximum atomic E-state index is 14.3. The minimum absolute atomic E-state index is 0.0721. The number of alkyl halides is 4. The first-order valence-electron chi connectivity index (χ1n) is 10.7. The molecule has 1 saturated heterocycles. The number of aliphatic hydroxyl groups excluding tert-OH is 1. The van der Waals surface area contributed by atoms with Gasteiger partial charge in [0.1, 0.15) is 41.3 Å². The van der Waals surface area contributed by atoms with Crippen molar-refractivity contribution in [3.05, 3.63) is 30.4 Å². The van der Waals surface area contributed by atoms with Crippen LogP contribution in [0.25, 0.3) is 11.0 Å². The van der Waals surface area contributed by atoms with Gasteiger partial charge in [-0.05, 0) is 33.3 Å². The molecule has 0 saturated carbocycles. The van der Waals surface area contributed by atoms with E-state index >= 15 is 0 Å². The minimum atomic E-state index is -4.55. The number of hydrogen-bond acceptors (Lipinski definition) is 8. The first-order valence-corrected chi connectivity index (χ1v) is 10.7. The number of halogens is 4. The number of aliphatic hydroxyl groups is 2. The third-order valence-electron chi connectivity index (χ3n) is 5.96. The molecular weight excluding hydrogens is 458 g/mol. The van der Waals surface area contributed by atoms with Gasteiger partial charge in [0.25, 0.3) is 0 Å². The maximum Gasteiger partial charge on any atom is 0.408 e. The summed E-state index contributed by atoms with van der Waals surface area (Å²) in [5, 5.41) is 22.9. The molecular formula is C21H25F4N7O2. The fraction of sp³-hybridized carbons (Fsp3) is 0.524. The van der Waals surface area contributed by atoms with Gasteiger partial charge in [-0.3, -0.25) is 0 Å². The highest BCUT2D eigenvalue weighted by Gasteiger charge is 2.40. The highest BCUT2D eigenvalue weighted by molar-refractivity contribution is 5.79.